The van der Waals surface area contributed by atoms with Gasteiger partial charge in [0.15, 0.2) is 0 Å². The van der Waals surface area contributed by atoms with Gasteiger partial charge in [0.1, 0.15) is 5.82 Å². The Balaban J connectivity index is 1.88. The number of aromatic nitrogens is 2. The smallest absolute Gasteiger partial charge is 0.231 e. The number of nitrogens with zero attached hydrogens (tertiary/aromatic N) is 3. The van der Waals surface area contributed by atoms with Crippen molar-refractivity contribution in [2.45, 2.75) is 26.2 Å². The molecule has 2 aliphatic rings. The molecule has 25 heavy (non-hydrogen) atoms. The number of hydrogen-bond donors (Lipinski definition) is 2. The molecule has 2 heterocycles. The van der Waals surface area contributed by atoms with E-state index in [1.54, 1.807) is 0 Å². The van der Waals surface area contributed by atoms with Gasteiger partial charge in [-0.15, -0.1) is 0 Å². The highest BCUT2D eigenvalue weighted by Crippen LogP contribution is 2.36. The number of amides is 1. The molecule has 1 aliphatic heterocycles. The summed E-state index contributed by atoms with van der Waals surface area (Å²) in [7, 11) is 0. The molecule has 1 aliphatic carbocycles. The number of aryl methyl sites for hydroxylation is 1. The molecule has 6 heteroatoms. The minimum Gasteiger partial charge on any atom is -0.354 e. The SMILES string of the molecule is CC(=O)Nc1nc2c(c(N3CCNCC3)n1)CCCc1ccccc1-2. The number of carbonyl (C=O) groups excluding carboxylic acids is 1. The van der Waals surface area contributed by atoms with Crippen molar-refractivity contribution in [3.8, 4) is 11.3 Å². The molecule has 1 aromatic carbocycles. The molecule has 2 aromatic rings. The molecule has 1 fully saturated rings. The number of anilines is 2. The third-order valence-corrected chi connectivity index (χ3v) is 4.84. The Bertz CT molecular complexity index is 798. The first kappa shape index (κ1) is 16.0. The summed E-state index contributed by atoms with van der Waals surface area (Å²) in [4.78, 5) is 23.3. The molecule has 6 nitrogen and oxygen atoms in total. The van der Waals surface area contributed by atoms with Crippen molar-refractivity contribution in [1.29, 1.82) is 0 Å². The minimum atomic E-state index is -0.145. The van der Waals surface area contributed by atoms with Gasteiger partial charge < -0.3 is 10.2 Å². The van der Waals surface area contributed by atoms with Crippen LogP contribution in [0, 0.1) is 0 Å². The predicted molar refractivity (Wildman–Crippen MR) is 98.9 cm³/mol. The Kier molecular flexibility index (Phi) is 4.36. The van der Waals surface area contributed by atoms with Crippen molar-refractivity contribution >= 4 is 17.7 Å². The maximum Gasteiger partial charge on any atom is 0.231 e. The standard InChI is InChI=1S/C19H23N5O/c1-13(25)21-19-22-17-15-7-3-2-5-14(15)6-4-8-16(17)18(23-19)24-11-9-20-10-12-24/h2-3,5,7,20H,4,6,8-12H2,1H3,(H,21,22,23,25). The topological polar surface area (TPSA) is 70.2 Å². The highest BCUT2D eigenvalue weighted by molar-refractivity contribution is 5.87. The van der Waals surface area contributed by atoms with Crippen molar-refractivity contribution in [1.82, 2.24) is 15.3 Å². The molecule has 1 amide bonds. The molecule has 0 unspecified atom stereocenters. The van der Waals surface area contributed by atoms with Crippen LogP contribution < -0.4 is 15.5 Å². The Morgan fingerprint density at radius 1 is 1.16 bits per heavy atom. The van der Waals surface area contributed by atoms with Crippen molar-refractivity contribution in [2.24, 2.45) is 0 Å². The Hall–Kier alpha value is -2.47. The van der Waals surface area contributed by atoms with Crippen LogP contribution in [0.4, 0.5) is 11.8 Å². The fraction of sp³-hybridized carbons (Fsp3) is 0.421. The third-order valence-electron chi connectivity index (χ3n) is 4.84. The molecule has 0 radical (unpaired) electrons. The maximum atomic E-state index is 11.6. The second kappa shape index (κ2) is 6.80. The van der Waals surface area contributed by atoms with E-state index in [1.807, 2.05) is 0 Å². The number of benzene rings is 1. The Morgan fingerprint density at radius 2 is 1.96 bits per heavy atom. The van der Waals surface area contributed by atoms with Crippen molar-refractivity contribution in [2.75, 3.05) is 36.4 Å². The summed E-state index contributed by atoms with van der Waals surface area (Å²) < 4.78 is 0. The van der Waals surface area contributed by atoms with Gasteiger partial charge in [0, 0.05) is 44.2 Å². The summed E-state index contributed by atoms with van der Waals surface area (Å²) in [5.41, 5.74) is 4.67. The van der Waals surface area contributed by atoms with Gasteiger partial charge in [-0.05, 0) is 24.8 Å². The van der Waals surface area contributed by atoms with E-state index in [9.17, 15) is 4.79 Å². The first-order valence-electron chi connectivity index (χ1n) is 8.95. The van der Waals surface area contributed by atoms with Crippen LogP contribution in [0.3, 0.4) is 0 Å². The lowest BCUT2D eigenvalue weighted by Gasteiger charge is -2.30. The number of nitrogens with one attached hydrogen (secondary N) is 2. The van der Waals surface area contributed by atoms with E-state index < -0.39 is 0 Å². The fourth-order valence-corrected chi connectivity index (χ4v) is 3.70. The number of fused-ring (bicyclic) bond motifs is 3. The zero-order valence-corrected chi connectivity index (χ0v) is 14.5. The number of piperazine rings is 1. The quantitative estimate of drug-likeness (QED) is 0.877. The van der Waals surface area contributed by atoms with Crippen molar-refractivity contribution in [3.05, 3.63) is 35.4 Å². The molecule has 130 valence electrons. The van der Waals surface area contributed by atoms with E-state index in [0.717, 1.165) is 57.0 Å². The highest BCUT2D eigenvalue weighted by Gasteiger charge is 2.24. The highest BCUT2D eigenvalue weighted by atomic mass is 16.1. The number of carbonyl (C=O) groups is 1. The zero-order valence-electron chi connectivity index (χ0n) is 14.5. The van der Waals surface area contributed by atoms with Gasteiger partial charge in [0.25, 0.3) is 0 Å². The van der Waals surface area contributed by atoms with Gasteiger partial charge in [-0.3, -0.25) is 10.1 Å². The van der Waals surface area contributed by atoms with Crippen LogP contribution in [-0.4, -0.2) is 42.1 Å². The number of rotatable bonds is 2. The third kappa shape index (κ3) is 3.22. The van der Waals surface area contributed by atoms with Gasteiger partial charge in [-0.1, -0.05) is 24.3 Å². The fourth-order valence-electron chi connectivity index (χ4n) is 3.70. The molecule has 0 atom stereocenters. The average molecular weight is 337 g/mol. The molecular weight excluding hydrogens is 314 g/mol. The lowest BCUT2D eigenvalue weighted by Crippen LogP contribution is -2.44. The second-order valence-corrected chi connectivity index (χ2v) is 6.63. The van der Waals surface area contributed by atoms with Gasteiger partial charge in [0.2, 0.25) is 11.9 Å². The summed E-state index contributed by atoms with van der Waals surface area (Å²) in [5, 5.41) is 6.17. The van der Waals surface area contributed by atoms with Crippen LogP contribution in [0.15, 0.2) is 24.3 Å². The van der Waals surface area contributed by atoms with Gasteiger partial charge >= 0.3 is 0 Å². The normalized spacial score (nSPS) is 16.6. The zero-order chi connectivity index (χ0) is 17.2. The lowest BCUT2D eigenvalue weighted by atomic mass is 10.0. The van der Waals surface area contributed by atoms with Crippen LogP contribution >= 0.6 is 0 Å². The summed E-state index contributed by atoms with van der Waals surface area (Å²) >= 11 is 0. The Morgan fingerprint density at radius 3 is 2.76 bits per heavy atom. The largest absolute Gasteiger partial charge is 0.354 e. The van der Waals surface area contributed by atoms with Crippen LogP contribution in [0.2, 0.25) is 0 Å². The molecule has 4 rings (SSSR count). The predicted octanol–water partition coefficient (Wildman–Crippen LogP) is 2.00. The molecule has 1 aromatic heterocycles. The maximum absolute atomic E-state index is 11.6. The molecular formula is C19H23N5O. The molecule has 1 saturated heterocycles. The van der Waals surface area contributed by atoms with E-state index >= 15 is 0 Å². The monoisotopic (exact) mass is 337 g/mol. The van der Waals surface area contributed by atoms with E-state index in [2.05, 4.69) is 39.8 Å². The first-order chi connectivity index (χ1) is 12.2. The first-order valence-corrected chi connectivity index (χ1v) is 8.95. The van der Waals surface area contributed by atoms with Crippen molar-refractivity contribution in [3.63, 3.8) is 0 Å². The van der Waals surface area contributed by atoms with Crippen LogP contribution in [0.5, 0.6) is 0 Å². The van der Waals surface area contributed by atoms with E-state index in [4.69, 9.17) is 9.97 Å². The molecule has 2 N–H and O–H groups in total. The van der Waals surface area contributed by atoms with E-state index in [-0.39, 0.29) is 5.91 Å². The van der Waals surface area contributed by atoms with Crippen molar-refractivity contribution < 1.29 is 4.79 Å². The van der Waals surface area contributed by atoms with Gasteiger partial charge in [0.05, 0.1) is 5.69 Å². The molecule has 0 bridgehead atoms. The van der Waals surface area contributed by atoms with Crippen LogP contribution in [0.25, 0.3) is 11.3 Å². The Labute approximate surface area is 147 Å². The van der Waals surface area contributed by atoms with Gasteiger partial charge in [-0.2, -0.15) is 4.98 Å². The lowest BCUT2D eigenvalue weighted by molar-refractivity contribution is -0.114. The van der Waals surface area contributed by atoms with E-state index in [0.29, 0.717) is 5.95 Å². The van der Waals surface area contributed by atoms with Crippen LogP contribution in [-0.2, 0) is 17.6 Å². The summed E-state index contributed by atoms with van der Waals surface area (Å²) in [6.07, 6.45) is 3.10. The van der Waals surface area contributed by atoms with E-state index in [1.165, 1.54) is 23.6 Å². The summed E-state index contributed by atoms with van der Waals surface area (Å²) in [6, 6.07) is 8.44. The minimum absolute atomic E-state index is 0.145. The summed E-state index contributed by atoms with van der Waals surface area (Å²) in [6.45, 7) is 5.23. The summed E-state index contributed by atoms with van der Waals surface area (Å²) in [5.74, 6) is 1.23. The van der Waals surface area contributed by atoms with Crippen LogP contribution in [0.1, 0.15) is 24.5 Å². The molecule has 0 spiro atoms. The number of hydrogen-bond acceptors (Lipinski definition) is 5. The van der Waals surface area contributed by atoms with Gasteiger partial charge in [-0.25, -0.2) is 4.98 Å². The molecule has 0 saturated carbocycles. The second-order valence-electron chi connectivity index (χ2n) is 6.63. The average Bonchev–Trinajstić information content (AvgIpc) is 2.81.